The maximum atomic E-state index is 12.9. The van der Waals surface area contributed by atoms with Gasteiger partial charge in [0.05, 0.1) is 24.3 Å². The van der Waals surface area contributed by atoms with Gasteiger partial charge in [-0.15, -0.1) is 0 Å². The summed E-state index contributed by atoms with van der Waals surface area (Å²) in [6, 6.07) is 17.1. The maximum Gasteiger partial charge on any atom is 0.453 e. The number of carbonyl (C=O) groups excluding carboxylic acids is 2. The number of hydrogen-bond donors (Lipinski definition) is 0. The third-order valence-corrected chi connectivity index (χ3v) is 8.96. The first kappa shape index (κ1) is 46.9. The van der Waals surface area contributed by atoms with Crippen molar-refractivity contribution in [3.63, 3.8) is 0 Å². The highest BCUT2D eigenvalue weighted by Gasteiger charge is 2.57. The summed E-state index contributed by atoms with van der Waals surface area (Å²) >= 11 is 0. The number of alkyl halides is 10. The molecule has 3 rings (SSSR count). The molecular weight excluding hydrogens is 778 g/mol. The third kappa shape index (κ3) is 15.8. The average Bonchev–Trinajstić information content (AvgIpc) is 3.14. The smallest absolute Gasteiger partial charge is 0.453 e. The lowest BCUT2D eigenvalue weighted by Gasteiger charge is -2.19. The van der Waals surface area contributed by atoms with Crippen molar-refractivity contribution in [2.45, 2.75) is 121 Å². The van der Waals surface area contributed by atoms with Crippen molar-refractivity contribution in [1.29, 1.82) is 0 Å². The Kier molecular flexibility index (Phi) is 18.0. The lowest BCUT2D eigenvalue weighted by atomic mass is 10.1. The van der Waals surface area contributed by atoms with E-state index in [2.05, 4.69) is 0 Å². The average molecular weight is 825 g/mol. The third-order valence-electron chi connectivity index (χ3n) is 8.96. The number of rotatable bonds is 24. The highest BCUT2D eigenvalue weighted by Crippen LogP contribution is 2.40. The Morgan fingerprint density at radius 3 is 1.11 bits per heavy atom. The van der Waals surface area contributed by atoms with Crippen LogP contribution in [-0.2, 0) is 0 Å². The summed E-state index contributed by atoms with van der Waals surface area (Å²) < 4.78 is 147. The van der Waals surface area contributed by atoms with E-state index >= 15 is 0 Å². The second-order valence-electron chi connectivity index (χ2n) is 13.6. The number of halogens is 10. The first-order chi connectivity index (χ1) is 26.8. The van der Waals surface area contributed by atoms with Gasteiger partial charge in [0.15, 0.2) is 0 Å². The molecule has 0 bridgehead atoms. The van der Waals surface area contributed by atoms with Crippen LogP contribution in [-0.4, -0.2) is 49.4 Å². The number of hydrogen-bond acceptors (Lipinski definition) is 6. The molecule has 0 aromatic heterocycles. The van der Waals surface area contributed by atoms with Crippen molar-refractivity contribution in [2.75, 3.05) is 13.2 Å². The van der Waals surface area contributed by atoms with Gasteiger partial charge in [0.25, 0.3) is 0 Å². The molecule has 57 heavy (non-hydrogen) atoms. The van der Waals surface area contributed by atoms with Gasteiger partial charge in [0.1, 0.15) is 23.0 Å². The fraction of sp³-hybridized carbons (Fsp3) is 0.512. The van der Waals surface area contributed by atoms with Crippen LogP contribution in [0.4, 0.5) is 43.9 Å². The zero-order valence-corrected chi connectivity index (χ0v) is 31.4. The highest BCUT2D eigenvalue weighted by molar-refractivity contribution is 5.92. The van der Waals surface area contributed by atoms with Crippen LogP contribution in [0, 0.1) is 6.92 Å². The molecule has 0 aliphatic carbocycles. The molecule has 3 aromatic carbocycles. The Labute approximate surface area is 324 Å². The second kappa shape index (κ2) is 21.9. The normalized spacial score (nSPS) is 12.3. The highest BCUT2D eigenvalue weighted by atomic mass is 19.4. The Balaban J connectivity index is 1.34. The molecule has 0 saturated carbocycles. The number of unbranched alkanes of at least 4 members (excludes halogenated alkanes) is 10. The van der Waals surface area contributed by atoms with Crippen LogP contribution in [0.5, 0.6) is 23.0 Å². The molecular formula is C41H46F10O6. The van der Waals surface area contributed by atoms with Gasteiger partial charge in [-0.25, -0.2) is 9.59 Å². The molecule has 0 atom stereocenters. The number of benzene rings is 3. The Morgan fingerprint density at radius 1 is 0.456 bits per heavy atom. The topological polar surface area (TPSA) is 71.1 Å². The summed E-state index contributed by atoms with van der Waals surface area (Å²) in [5.74, 6) is -9.30. The summed E-state index contributed by atoms with van der Waals surface area (Å²) in [5, 5.41) is 0. The standard InChI is InChI=1S/C41H46F10O6/c1-29-34(56-36(52)30-17-21-32(22-18-30)54-27-12-8-4-2-6-10-25-38(42,43)40(46,47)48)15-14-16-35(29)57-37(53)31-19-23-33(24-20-31)55-28-13-9-5-3-7-11-26-39(44,45)41(49,50)51/h14-24H,2-13,25-28H2,1H3. The van der Waals surface area contributed by atoms with E-state index in [1.54, 1.807) is 49.4 Å². The molecule has 316 valence electrons. The number of ether oxygens (including phenoxy) is 4. The van der Waals surface area contributed by atoms with Crippen LogP contribution in [0.15, 0.2) is 66.7 Å². The number of carbonyl (C=O) groups is 2. The predicted molar refractivity (Wildman–Crippen MR) is 192 cm³/mol. The quantitative estimate of drug-likeness (QED) is 0.0388. The van der Waals surface area contributed by atoms with E-state index in [9.17, 15) is 53.5 Å². The van der Waals surface area contributed by atoms with Crippen LogP contribution in [0.3, 0.4) is 0 Å². The zero-order chi connectivity index (χ0) is 42.1. The lowest BCUT2D eigenvalue weighted by Crippen LogP contribution is -2.36. The van der Waals surface area contributed by atoms with Gasteiger partial charge in [-0.05, 0) is 93.3 Å². The summed E-state index contributed by atoms with van der Waals surface area (Å²) in [6.45, 7) is 2.32. The molecule has 0 spiro atoms. The monoisotopic (exact) mass is 824 g/mol. The van der Waals surface area contributed by atoms with Gasteiger partial charge in [-0.2, -0.15) is 43.9 Å². The Hall–Kier alpha value is -4.50. The lowest BCUT2D eigenvalue weighted by molar-refractivity contribution is -0.284. The fourth-order valence-electron chi connectivity index (χ4n) is 5.48. The minimum Gasteiger partial charge on any atom is -0.494 e. The molecule has 16 heteroatoms. The van der Waals surface area contributed by atoms with Crippen molar-refractivity contribution >= 4 is 11.9 Å². The van der Waals surface area contributed by atoms with Gasteiger partial charge in [0.2, 0.25) is 0 Å². The minimum atomic E-state index is -5.52. The Morgan fingerprint density at radius 2 is 0.772 bits per heavy atom. The van der Waals surface area contributed by atoms with E-state index in [-0.39, 0.29) is 48.3 Å². The van der Waals surface area contributed by atoms with E-state index in [0.29, 0.717) is 81.6 Å². The molecule has 0 saturated heterocycles. The summed E-state index contributed by atoms with van der Waals surface area (Å²) in [6.07, 6.45) is -8.17. The second-order valence-corrected chi connectivity index (χ2v) is 13.6. The molecule has 0 fully saturated rings. The molecule has 0 heterocycles. The summed E-state index contributed by atoms with van der Waals surface area (Å²) in [5.41, 5.74) is 0.865. The van der Waals surface area contributed by atoms with Crippen LogP contribution >= 0.6 is 0 Å². The van der Waals surface area contributed by atoms with Gasteiger partial charge in [-0.1, -0.05) is 57.4 Å². The SMILES string of the molecule is Cc1c(OC(=O)c2ccc(OCCCCCCCCC(F)(F)C(F)(F)F)cc2)cccc1OC(=O)c1ccc(OCCCCCCCCC(F)(F)C(F)(F)F)cc1. The first-order valence-electron chi connectivity index (χ1n) is 18.7. The molecule has 0 N–H and O–H groups in total. The first-order valence-corrected chi connectivity index (χ1v) is 18.7. The van der Waals surface area contributed by atoms with E-state index < -0.39 is 49.0 Å². The van der Waals surface area contributed by atoms with Gasteiger partial charge >= 0.3 is 36.1 Å². The molecule has 0 amide bonds. The van der Waals surface area contributed by atoms with Crippen LogP contribution in [0.1, 0.15) is 116 Å². The molecule has 3 aromatic rings. The van der Waals surface area contributed by atoms with Crippen LogP contribution in [0.25, 0.3) is 0 Å². The van der Waals surface area contributed by atoms with Crippen LogP contribution in [0.2, 0.25) is 0 Å². The van der Waals surface area contributed by atoms with Crippen molar-refractivity contribution < 1.29 is 72.4 Å². The van der Waals surface area contributed by atoms with E-state index in [1.165, 1.54) is 24.3 Å². The van der Waals surface area contributed by atoms with Crippen molar-refractivity contribution in [2.24, 2.45) is 0 Å². The van der Waals surface area contributed by atoms with E-state index in [1.807, 2.05) is 0 Å². The Bertz CT molecular complexity index is 1550. The molecule has 0 radical (unpaired) electrons. The number of esters is 2. The predicted octanol–water partition coefficient (Wildman–Crippen LogP) is 13.0. The van der Waals surface area contributed by atoms with E-state index in [4.69, 9.17) is 18.9 Å². The van der Waals surface area contributed by atoms with Crippen molar-refractivity contribution in [3.8, 4) is 23.0 Å². The molecule has 0 unspecified atom stereocenters. The summed E-state index contributed by atoms with van der Waals surface area (Å²) in [4.78, 5) is 25.7. The maximum absolute atomic E-state index is 12.9. The van der Waals surface area contributed by atoms with Crippen molar-refractivity contribution in [3.05, 3.63) is 83.4 Å². The van der Waals surface area contributed by atoms with Gasteiger partial charge in [-0.3, -0.25) is 0 Å². The van der Waals surface area contributed by atoms with Crippen LogP contribution < -0.4 is 18.9 Å². The van der Waals surface area contributed by atoms with Gasteiger partial charge in [0, 0.05) is 18.4 Å². The largest absolute Gasteiger partial charge is 0.494 e. The molecule has 6 nitrogen and oxygen atoms in total. The van der Waals surface area contributed by atoms with Crippen molar-refractivity contribution in [1.82, 2.24) is 0 Å². The fourth-order valence-corrected chi connectivity index (χ4v) is 5.48. The molecule has 0 aliphatic heterocycles. The summed E-state index contributed by atoms with van der Waals surface area (Å²) in [7, 11) is 0. The minimum absolute atomic E-state index is 0.173. The molecule has 0 aliphatic rings. The van der Waals surface area contributed by atoms with Gasteiger partial charge < -0.3 is 18.9 Å². The van der Waals surface area contributed by atoms with E-state index in [0.717, 1.165) is 0 Å². The zero-order valence-electron chi connectivity index (χ0n) is 31.4.